The Hall–Kier alpha value is -2.04. The van der Waals surface area contributed by atoms with Gasteiger partial charge < -0.3 is 10.4 Å². The van der Waals surface area contributed by atoms with Gasteiger partial charge in [-0.1, -0.05) is 26.8 Å². The van der Waals surface area contributed by atoms with Crippen LogP contribution in [0.3, 0.4) is 0 Å². The summed E-state index contributed by atoms with van der Waals surface area (Å²) in [6, 6.07) is 4.81. The van der Waals surface area contributed by atoms with Gasteiger partial charge in [-0.05, 0) is 36.5 Å². The Kier molecular flexibility index (Phi) is 3.94. The van der Waals surface area contributed by atoms with E-state index in [1.165, 1.54) is 0 Å². The van der Waals surface area contributed by atoms with E-state index in [0.717, 1.165) is 12.0 Å². The average Bonchev–Trinajstić information content (AvgIpc) is 2.80. The Morgan fingerprint density at radius 2 is 2.00 bits per heavy atom. The second-order valence-corrected chi connectivity index (χ2v) is 6.59. The number of carbonyl (C=O) groups is 2. The molecule has 21 heavy (non-hydrogen) atoms. The van der Waals surface area contributed by atoms with Gasteiger partial charge in [0.05, 0.1) is 5.56 Å². The lowest BCUT2D eigenvalue weighted by atomic mass is 9.88. The number of hydrogen-bond donors (Lipinski definition) is 2. The van der Waals surface area contributed by atoms with Crippen LogP contribution in [0.5, 0.6) is 0 Å². The minimum Gasteiger partial charge on any atom is -0.478 e. The first-order valence-electron chi connectivity index (χ1n) is 7.14. The molecule has 0 bridgehead atoms. The van der Waals surface area contributed by atoms with Crippen molar-refractivity contribution in [2.45, 2.75) is 40.2 Å². The number of carbonyl (C=O) groups excluding carboxylic acids is 1. The van der Waals surface area contributed by atoms with Crippen LogP contribution in [-0.4, -0.2) is 29.7 Å². The molecule has 2 amide bonds. The number of urea groups is 1. The molecule has 0 aliphatic carbocycles. The van der Waals surface area contributed by atoms with Crippen LogP contribution in [0.15, 0.2) is 18.2 Å². The second-order valence-electron chi connectivity index (χ2n) is 6.59. The van der Waals surface area contributed by atoms with Gasteiger partial charge in [0.15, 0.2) is 0 Å². The fraction of sp³-hybridized carbons (Fsp3) is 0.500. The quantitative estimate of drug-likeness (QED) is 0.880. The van der Waals surface area contributed by atoms with Crippen molar-refractivity contribution in [3.05, 3.63) is 29.3 Å². The second kappa shape index (κ2) is 5.39. The van der Waals surface area contributed by atoms with Gasteiger partial charge in [-0.25, -0.2) is 9.59 Å². The molecule has 0 saturated carbocycles. The van der Waals surface area contributed by atoms with E-state index in [-0.39, 0.29) is 23.1 Å². The zero-order chi connectivity index (χ0) is 15.8. The number of carboxylic acid groups (broad SMARTS) is 1. The molecule has 1 aromatic rings. The molecule has 1 aliphatic rings. The maximum atomic E-state index is 12.4. The van der Waals surface area contributed by atoms with Crippen LogP contribution >= 0.6 is 0 Å². The SMILES string of the molecule is CC(NC(=O)N1CCc2ccc(C(=O)O)cc21)C(C)(C)C. The van der Waals surface area contributed by atoms with Crippen LogP contribution in [0.1, 0.15) is 43.6 Å². The van der Waals surface area contributed by atoms with Gasteiger partial charge in [-0.3, -0.25) is 4.90 Å². The molecule has 1 atom stereocenters. The maximum absolute atomic E-state index is 12.4. The lowest BCUT2D eigenvalue weighted by Crippen LogP contribution is -2.47. The minimum atomic E-state index is -0.979. The summed E-state index contributed by atoms with van der Waals surface area (Å²) in [7, 11) is 0. The molecule has 0 spiro atoms. The molecule has 2 rings (SSSR count). The highest BCUT2D eigenvalue weighted by Crippen LogP contribution is 2.29. The molecule has 0 radical (unpaired) electrons. The largest absolute Gasteiger partial charge is 0.478 e. The highest BCUT2D eigenvalue weighted by Gasteiger charge is 2.29. The van der Waals surface area contributed by atoms with Crippen molar-refractivity contribution in [2.24, 2.45) is 5.41 Å². The molecule has 5 heteroatoms. The number of carboxylic acids is 1. The van der Waals surface area contributed by atoms with Gasteiger partial charge in [0, 0.05) is 18.3 Å². The normalized spacial score (nSPS) is 15.5. The highest BCUT2D eigenvalue weighted by atomic mass is 16.4. The minimum absolute atomic E-state index is 0.0247. The average molecular weight is 290 g/mol. The summed E-state index contributed by atoms with van der Waals surface area (Å²) in [4.78, 5) is 25.1. The fourth-order valence-electron chi connectivity index (χ4n) is 2.20. The van der Waals surface area contributed by atoms with E-state index in [1.807, 2.05) is 6.92 Å². The van der Waals surface area contributed by atoms with Crippen LogP contribution in [0.25, 0.3) is 0 Å². The van der Waals surface area contributed by atoms with Crippen molar-refractivity contribution in [2.75, 3.05) is 11.4 Å². The predicted octanol–water partition coefficient (Wildman–Crippen LogP) is 2.89. The first-order chi connectivity index (χ1) is 9.70. The third-order valence-corrected chi connectivity index (χ3v) is 4.11. The molecule has 114 valence electrons. The van der Waals surface area contributed by atoms with Gasteiger partial charge in [0.2, 0.25) is 0 Å². The van der Waals surface area contributed by atoms with E-state index in [1.54, 1.807) is 23.1 Å². The lowest BCUT2D eigenvalue weighted by molar-refractivity contribution is 0.0697. The van der Waals surface area contributed by atoms with E-state index < -0.39 is 5.97 Å². The van der Waals surface area contributed by atoms with E-state index in [9.17, 15) is 9.59 Å². The molecule has 1 aromatic carbocycles. The summed E-state index contributed by atoms with van der Waals surface area (Å²) >= 11 is 0. The van der Waals surface area contributed by atoms with Crippen LogP contribution in [-0.2, 0) is 6.42 Å². The standard InChI is InChI=1S/C16H22N2O3/c1-10(16(2,3)4)17-15(21)18-8-7-11-5-6-12(14(19)20)9-13(11)18/h5-6,9-10H,7-8H2,1-4H3,(H,17,21)(H,19,20). The maximum Gasteiger partial charge on any atom is 0.335 e. The number of aromatic carboxylic acids is 1. The molecule has 5 nitrogen and oxygen atoms in total. The van der Waals surface area contributed by atoms with Crippen molar-refractivity contribution in [3.8, 4) is 0 Å². The summed E-state index contributed by atoms with van der Waals surface area (Å²) < 4.78 is 0. The monoisotopic (exact) mass is 290 g/mol. The van der Waals surface area contributed by atoms with E-state index in [2.05, 4.69) is 26.1 Å². The molecule has 1 heterocycles. The zero-order valence-electron chi connectivity index (χ0n) is 12.9. The van der Waals surface area contributed by atoms with Gasteiger partial charge in [-0.2, -0.15) is 0 Å². The predicted molar refractivity (Wildman–Crippen MR) is 81.9 cm³/mol. The summed E-state index contributed by atoms with van der Waals surface area (Å²) in [5, 5.41) is 12.1. The van der Waals surface area contributed by atoms with Crippen molar-refractivity contribution >= 4 is 17.7 Å². The Morgan fingerprint density at radius 1 is 1.33 bits per heavy atom. The molecule has 1 aliphatic heterocycles. The number of nitrogens with one attached hydrogen (secondary N) is 1. The molecule has 0 aromatic heterocycles. The molecular weight excluding hydrogens is 268 g/mol. The first kappa shape index (κ1) is 15.4. The van der Waals surface area contributed by atoms with Crippen LogP contribution < -0.4 is 10.2 Å². The summed E-state index contributed by atoms with van der Waals surface area (Å²) in [6.07, 6.45) is 0.756. The van der Waals surface area contributed by atoms with Gasteiger partial charge in [-0.15, -0.1) is 0 Å². The van der Waals surface area contributed by atoms with Crippen LogP contribution in [0.4, 0.5) is 10.5 Å². The summed E-state index contributed by atoms with van der Waals surface area (Å²) in [5.41, 5.74) is 1.89. The molecule has 1 unspecified atom stereocenters. The zero-order valence-corrected chi connectivity index (χ0v) is 12.9. The Bertz CT molecular complexity index is 575. The van der Waals surface area contributed by atoms with E-state index in [4.69, 9.17) is 5.11 Å². The number of nitrogens with zero attached hydrogens (tertiary/aromatic N) is 1. The van der Waals surface area contributed by atoms with Crippen LogP contribution in [0.2, 0.25) is 0 Å². The topological polar surface area (TPSA) is 69.6 Å². The summed E-state index contributed by atoms with van der Waals surface area (Å²) in [5.74, 6) is -0.979. The summed E-state index contributed by atoms with van der Waals surface area (Å²) in [6.45, 7) is 8.76. The third kappa shape index (κ3) is 3.17. The first-order valence-corrected chi connectivity index (χ1v) is 7.14. The molecular formula is C16H22N2O3. The van der Waals surface area contributed by atoms with Crippen molar-refractivity contribution in [3.63, 3.8) is 0 Å². The Labute approximate surface area is 125 Å². The van der Waals surface area contributed by atoms with Gasteiger partial charge in [0.1, 0.15) is 0 Å². The number of hydrogen-bond acceptors (Lipinski definition) is 2. The smallest absolute Gasteiger partial charge is 0.335 e. The van der Waals surface area contributed by atoms with Gasteiger partial charge in [0.25, 0.3) is 0 Å². The van der Waals surface area contributed by atoms with Crippen molar-refractivity contribution < 1.29 is 14.7 Å². The van der Waals surface area contributed by atoms with E-state index >= 15 is 0 Å². The Balaban J connectivity index is 2.20. The van der Waals surface area contributed by atoms with Crippen molar-refractivity contribution in [1.82, 2.24) is 5.32 Å². The number of anilines is 1. The third-order valence-electron chi connectivity index (χ3n) is 4.11. The van der Waals surface area contributed by atoms with E-state index in [0.29, 0.717) is 12.2 Å². The lowest BCUT2D eigenvalue weighted by Gasteiger charge is -2.30. The van der Waals surface area contributed by atoms with Crippen LogP contribution in [0, 0.1) is 5.41 Å². The molecule has 0 saturated heterocycles. The number of amides is 2. The van der Waals surface area contributed by atoms with Gasteiger partial charge >= 0.3 is 12.0 Å². The number of benzene rings is 1. The molecule has 0 fully saturated rings. The number of rotatable bonds is 2. The Morgan fingerprint density at radius 3 is 2.57 bits per heavy atom. The highest BCUT2D eigenvalue weighted by molar-refractivity contribution is 5.97. The fourth-order valence-corrected chi connectivity index (χ4v) is 2.20. The number of fused-ring (bicyclic) bond motifs is 1. The van der Waals surface area contributed by atoms with Crippen molar-refractivity contribution in [1.29, 1.82) is 0 Å². The molecule has 2 N–H and O–H groups in total.